The maximum absolute atomic E-state index is 7.18. The zero-order valence-corrected chi connectivity index (χ0v) is 21.4. The number of aryl methyl sites for hydroxylation is 1. The number of halogens is 1. The number of nitrogens with two attached hydrogens (primary N) is 2. The lowest BCUT2D eigenvalue weighted by atomic mass is 9.84. The van der Waals surface area contributed by atoms with E-state index in [1.165, 1.54) is 0 Å². The first-order chi connectivity index (χ1) is 16.7. The van der Waals surface area contributed by atoms with Crippen molar-refractivity contribution in [2.45, 2.75) is 24.4 Å². The van der Waals surface area contributed by atoms with Gasteiger partial charge in [0.1, 0.15) is 11.3 Å². The van der Waals surface area contributed by atoms with Crippen LogP contribution in [0.1, 0.15) is 18.7 Å². The predicted octanol–water partition coefficient (Wildman–Crippen LogP) is 3.18. The number of ether oxygens (including phenoxy) is 1. The zero-order valence-electron chi connectivity index (χ0n) is 20.6. The second-order valence-electron chi connectivity index (χ2n) is 9.68. The Morgan fingerprint density at radius 2 is 2.03 bits per heavy atom. The summed E-state index contributed by atoms with van der Waals surface area (Å²) in [5.41, 5.74) is 16.8. The smallest absolute Gasteiger partial charge is 0.155 e. The number of methoxy groups -OCH3 is 1. The summed E-state index contributed by atoms with van der Waals surface area (Å²) in [7, 11) is 7.86. The molecule has 0 bridgehead atoms. The van der Waals surface area contributed by atoms with E-state index in [1.807, 2.05) is 31.5 Å². The molecule has 1 aliphatic heterocycles. The van der Waals surface area contributed by atoms with Gasteiger partial charge in [0.25, 0.3) is 0 Å². The third kappa shape index (κ3) is 3.95. The predicted molar refractivity (Wildman–Crippen MR) is 139 cm³/mol. The van der Waals surface area contributed by atoms with Crippen molar-refractivity contribution in [3.05, 3.63) is 70.7 Å². The summed E-state index contributed by atoms with van der Waals surface area (Å²) in [6, 6.07) is 8.62. The van der Waals surface area contributed by atoms with Crippen LogP contribution in [0.5, 0.6) is 0 Å². The largest absolute Gasteiger partial charge is 0.495 e. The third-order valence-electron chi connectivity index (χ3n) is 7.26. The number of aromatic nitrogens is 3. The Kier molecular flexibility index (Phi) is 5.99. The van der Waals surface area contributed by atoms with Crippen LogP contribution in [0.3, 0.4) is 0 Å². The van der Waals surface area contributed by atoms with Gasteiger partial charge in [-0.3, -0.25) is 0 Å². The lowest BCUT2D eigenvalue weighted by molar-refractivity contribution is 0.249. The summed E-state index contributed by atoms with van der Waals surface area (Å²) in [4.78, 5) is 14.2. The maximum Gasteiger partial charge on any atom is 0.155 e. The van der Waals surface area contributed by atoms with E-state index in [0.717, 1.165) is 41.7 Å². The molecule has 2 aromatic heterocycles. The van der Waals surface area contributed by atoms with Gasteiger partial charge in [0.05, 0.1) is 23.5 Å². The number of hydrogen-bond donors (Lipinski definition) is 2. The van der Waals surface area contributed by atoms with Gasteiger partial charge in [-0.05, 0) is 26.6 Å². The number of hydrogen-bond acceptors (Lipinski definition) is 7. The third-order valence-corrected chi connectivity index (χ3v) is 7.54. The molecule has 0 amide bonds. The van der Waals surface area contributed by atoms with Crippen LogP contribution in [0.2, 0.25) is 5.02 Å². The summed E-state index contributed by atoms with van der Waals surface area (Å²) in [5, 5.41) is 1.55. The molecule has 0 radical (unpaired) electrons. The molecule has 2 atom stereocenters. The van der Waals surface area contributed by atoms with E-state index < -0.39 is 5.54 Å². The molecule has 0 saturated carbocycles. The number of fused-ring (bicyclic) bond motifs is 1. The van der Waals surface area contributed by atoms with Crippen LogP contribution in [0, 0.1) is 0 Å². The van der Waals surface area contributed by atoms with Crippen molar-refractivity contribution in [3.63, 3.8) is 0 Å². The van der Waals surface area contributed by atoms with Crippen molar-refractivity contribution in [2.75, 3.05) is 34.3 Å². The van der Waals surface area contributed by atoms with Gasteiger partial charge in [-0.1, -0.05) is 29.8 Å². The monoisotopic (exact) mass is 493 g/mol. The highest BCUT2D eigenvalue weighted by Crippen LogP contribution is 2.41. The summed E-state index contributed by atoms with van der Waals surface area (Å²) in [6.07, 6.45) is 7.04. The molecule has 2 aliphatic rings. The molecular formula is C26H32ClN7O. The average Bonchev–Trinajstić information content (AvgIpc) is 3.45. The summed E-state index contributed by atoms with van der Waals surface area (Å²) in [6.45, 7) is 1.74. The minimum absolute atomic E-state index is 0.349. The van der Waals surface area contributed by atoms with E-state index in [2.05, 4.69) is 45.6 Å². The minimum Gasteiger partial charge on any atom is -0.495 e. The SMILES string of the molecule is COC1=C(N)CC(N)(c2ncc(Cl)c(-c3cn(C)c4ccccc34)n2)C(N2CC[C@@H](N(C)C)C2)=C1. The molecule has 3 heterocycles. The van der Waals surface area contributed by atoms with E-state index in [0.29, 0.717) is 40.5 Å². The van der Waals surface area contributed by atoms with Gasteiger partial charge in [0, 0.05) is 73.2 Å². The molecule has 1 saturated heterocycles. The number of allylic oxidation sites excluding steroid dienone is 1. The molecule has 184 valence electrons. The lowest BCUT2D eigenvalue weighted by Crippen LogP contribution is -2.49. The fourth-order valence-electron chi connectivity index (χ4n) is 5.26. The first-order valence-electron chi connectivity index (χ1n) is 11.8. The van der Waals surface area contributed by atoms with Crippen LogP contribution in [0.15, 0.2) is 59.9 Å². The summed E-state index contributed by atoms with van der Waals surface area (Å²) < 4.78 is 7.65. The fraction of sp³-hybridized carbons (Fsp3) is 0.385. The van der Waals surface area contributed by atoms with Crippen LogP contribution in [-0.2, 0) is 17.3 Å². The Labute approximate surface area is 210 Å². The molecule has 3 aromatic rings. The van der Waals surface area contributed by atoms with Gasteiger partial charge in [0.15, 0.2) is 5.82 Å². The maximum atomic E-state index is 7.18. The molecule has 1 aromatic carbocycles. The topological polar surface area (TPSA) is 98.5 Å². The van der Waals surface area contributed by atoms with Crippen LogP contribution in [0.4, 0.5) is 0 Å². The first-order valence-corrected chi connectivity index (χ1v) is 12.1. The van der Waals surface area contributed by atoms with E-state index in [9.17, 15) is 0 Å². The average molecular weight is 494 g/mol. The second kappa shape index (κ2) is 8.86. The highest BCUT2D eigenvalue weighted by Gasteiger charge is 2.44. The van der Waals surface area contributed by atoms with Crippen molar-refractivity contribution in [3.8, 4) is 11.3 Å². The van der Waals surface area contributed by atoms with Crippen molar-refractivity contribution in [1.82, 2.24) is 24.3 Å². The number of nitrogens with zero attached hydrogens (tertiary/aromatic N) is 5. The standard InChI is InChI=1S/C26H32ClN7O/c1-32(2)16-9-10-34(14-16)23-11-22(35-4)20(28)12-26(23,29)25-30-13-19(27)24(31-25)18-15-33(3)21-8-6-5-7-17(18)21/h5-8,11,13,15-16H,9-10,12,14,28-29H2,1-4H3/t16-,26?/m1/s1. The van der Waals surface area contributed by atoms with Crippen LogP contribution >= 0.6 is 11.6 Å². The normalized spacial score (nSPS) is 22.9. The van der Waals surface area contributed by atoms with Crippen molar-refractivity contribution < 1.29 is 4.74 Å². The number of rotatable bonds is 5. The number of likely N-dealkylation sites (N-methyl/N-ethyl adjacent to an activating group) is 1. The van der Waals surface area contributed by atoms with E-state index in [1.54, 1.807) is 13.3 Å². The Morgan fingerprint density at radius 1 is 1.26 bits per heavy atom. The molecule has 1 unspecified atom stereocenters. The first kappa shape index (κ1) is 23.7. The van der Waals surface area contributed by atoms with Crippen molar-refractivity contribution in [1.29, 1.82) is 0 Å². The molecule has 8 nitrogen and oxygen atoms in total. The summed E-state index contributed by atoms with van der Waals surface area (Å²) in [5.74, 6) is 1.13. The van der Waals surface area contributed by atoms with Crippen LogP contribution in [0.25, 0.3) is 22.2 Å². The molecule has 9 heteroatoms. The minimum atomic E-state index is -1.02. The molecule has 4 N–H and O–H groups in total. The van der Waals surface area contributed by atoms with Crippen molar-refractivity contribution in [2.24, 2.45) is 18.5 Å². The molecule has 1 fully saturated rings. The highest BCUT2D eigenvalue weighted by molar-refractivity contribution is 6.33. The Balaban J connectivity index is 1.62. The molecular weight excluding hydrogens is 462 g/mol. The Morgan fingerprint density at radius 3 is 2.74 bits per heavy atom. The Hall–Kier alpha value is -3.07. The van der Waals surface area contributed by atoms with E-state index in [-0.39, 0.29) is 0 Å². The number of benzene rings is 1. The van der Waals surface area contributed by atoms with Gasteiger partial charge in [0.2, 0.25) is 0 Å². The fourth-order valence-corrected chi connectivity index (χ4v) is 5.46. The second-order valence-corrected chi connectivity index (χ2v) is 10.1. The highest BCUT2D eigenvalue weighted by atomic mass is 35.5. The van der Waals surface area contributed by atoms with Crippen LogP contribution < -0.4 is 11.5 Å². The molecule has 1 aliphatic carbocycles. The number of para-hydroxylation sites is 1. The van der Waals surface area contributed by atoms with Gasteiger partial charge in [-0.15, -0.1) is 0 Å². The van der Waals surface area contributed by atoms with E-state index in [4.69, 9.17) is 32.8 Å². The quantitative estimate of drug-likeness (QED) is 0.563. The van der Waals surface area contributed by atoms with Crippen molar-refractivity contribution >= 4 is 22.5 Å². The summed E-state index contributed by atoms with van der Waals surface area (Å²) >= 11 is 6.66. The van der Waals surface area contributed by atoms with E-state index >= 15 is 0 Å². The zero-order chi connectivity index (χ0) is 24.9. The molecule has 35 heavy (non-hydrogen) atoms. The Bertz CT molecular complexity index is 1340. The van der Waals surface area contributed by atoms with Crippen LogP contribution in [-0.4, -0.2) is 64.7 Å². The number of likely N-dealkylation sites (tertiary alicyclic amines) is 1. The molecule has 5 rings (SSSR count). The van der Waals surface area contributed by atoms with Gasteiger partial charge in [-0.25, -0.2) is 9.97 Å². The lowest BCUT2D eigenvalue weighted by Gasteiger charge is -2.39. The van der Waals surface area contributed by atoms with Gasteiger partial charge < -0.3 is 30.6 Å². The van der Waals surface area contributed by atoms with Gasteiger partial charge >= 0.3 is 0 Å². The molecule has 0 spiro atoms. The van der Waals surface area contributed by atoms with Gasteiger partial charge in [-0.2, -0.15) is 0 Å².